The van der Waals surface area contributed by atoms with Gasteiger partial charge in [-0.25, -0.2) is 0 Å². The molecule has 0 bridgehead atoms. The molecule has 0 amide bonds. The van der Waals surface area contributed by atoms with Crippen molar-refractivity contribution in [1.82, 2.24) is 9.13 Å². The summed E-state index contributed by atoms with van der Waals surface area (Å²) in [6, 6.07) is 55.7. The Bertz CT molecular complexity index is 3090. The summed E-state index contributed by atoms with van der Waals surface area (Å²) >= 11 is 1.87. The molecule has 3 heterocycles. The molecule has 0 atom stereocenters. The average molecular weight is 683 g/mol. The maximum absolute atomic E-state index is 3.87. The predicted octanol–water partition coefficient (Wildman–Crippen LogP) is 14.1. The lowest BCUT2D eigenvalue weighted by atomic mass is 9.98. The number of hydrogen-bond donors (Lipinski definition) is 0. The van der Waals surface area contributed by atoms with Crippen molar-refractivity contribution in [2.45, 2.75) is 6.92 Å². The summed E-state index contributed by atoms with van der Waals surface area (Å²) in [4.78, 5) is 0. The zero-order chi connectivity index (χ0) is 34.8. The van der Waals surface area contributed by atoms with Crippen molar-refractivity contribution >= 4 is 80.7 Å². The Morgan fingerprint density at radius 1 is 0.538 bits per heavy atom. The highest BCUT2D eigenvalue weighted by molar-refractivity contribution is 7.26. The van der Waals surface area contributed by atoms with Crippen LogP contribution in [0.25, 0.3) is 91.9 Å². The smallest absolute Gasteiger partial charge is 0.0547 e. The largest absolute Gasteiger partial charge is 0.309 e. The summed E-state index contributed by atoms with van der Waals surface area (Å²) in [6.45, 7) is 6.08. The van der Waals surface area contributed by atoms with Gasteiger partial charge in [0.2, 0.25) is 0 Å². The van der Waals surface area contributed by atoms with E-state index in [0.717, 1.165) is 11.4 Å². The molecule has 0 aliphatic rings. The van der Waals surface area contributed by atoms with Gasteiger partial charge in [-0.1, -0.05) is 128 Å². The number of thiophene rings is 1. The van der Waals surface area contributed by atoms with Crippen LogP contribution in [0.4, 0.5) is 0 Å². The Morgan fingerprint density at radius 2 is 1.21 bits per heavy atom. The van der Waals surface area contributed by atoms with Gasteiger partial charge in [0, 0.05) is 53.1 Å². The Kier molecular flexibility index (Phi) is 7.09. The summed E-state index contributed by atoms with van der Waals surface area (Å²) in [7, 11) is 0. The van der Waals surface area contributed by atoms with Crippen LogP contribution in [0.1, 0.15) is 12.5 Å². The van der Waals surface area contributed by atoms with E-state index < -0.39 is 0 Å². The molecule has 0 radical (unpaired) electrons. The number of nitrogens with zero attached hydrogens (tertiary/aromatic N) is 2. The van der Waals surface area contributed by atoms with E-state index in [9.17, 15) is 0 Å². The number of rotatable bonds is 6. The molecule has 7 aromatic carbocycles. The van der Waals surface area contributed by atoms with Gasteiger partial charge in [-0.05, 0) is 83.8 Å². The van der Waals surface area contributed by atoms with Gasteiger partial charge >= 0.3 is 0 Å². The highest BCUT2D eigenvalue weighted by atomic mass is 32.1. The second kappa shape index (κ2) is 12.1. The number of aromatic nitrogens is 2. The van der Waals surface area contributed by atoms with Gasteiger partial charge in [0.25, 0.3) is 0 Å². The van der Waals surface area contributed by atoms with Gasteiger partial charge in [0.15, 0.2) is 0 Å². The van der Waals surface area contributed by atoms with Crippen LogP contribution in [0.15, 0.2) is 183 Å². The minimum absolute atomic E-state index is 1.16. The molecule has 0 spiro atoms. The molecule has 3 heteroatoms. The third-order valence-electron chi connectivity index (χ3n) is 10.4. The van der Waals surface area contributed by atoms with Crippen molar-refractivity contribution in [1.29, 1.82) is 0 Å². The number of hydrogen-bond acceptors (Lipinski definition) is 1. The minimum atomic E-state index is 1.16. The van der Waals surface area contributed by atoms with Crippen LogP contribution in [0.2, 0.25) is 0 Å². The van der Waals surface area contributed by atoms with Crippen LogP contribution in [0.3, 0.4) is 0 Å². The molecule has 0 aliphatic carbocycles. The molecule has 0 saturated carbocycles. The fourth-order valence-corrected chi connectivity index (χ4v) is 9.40. The molecular formula is C49H34N2S. The standard InChI is InChI=1S/C49H34N2S/c1-3-4-6-16-32(2)41-30-35(31-42-39-20-11-14-26-47(39)52-49(41)42)51-44-24-13-10-21-40(44)48-36(22-15-25-45(48)51)33-27-28-38-37-19-9-12-23-43(37)50(46(38)29-33)34-17-7-5-8-18-34/h3-31H,1H2,2H3/b6-4-,32-16+. The molecule has 246 valence electrons. The molecule has 0 unspecified atom stereocenters. The molecule has 10 aromatic rings. The van der Waals surface area contributed by atoms with Gasteiger partial charge in [0.1, 0.15) is 0 Å². The van der Waals surface area contributed by atoms with Crippen LogP contribution in [0, 0.1) is 0 Å². The maximum Gasteiger partial charge on any atom is 0.0547 e. The molecule has 10 rings (SSSR count). The highest BCUT2D eigenvalue weighted by Gasteiger charge is 2.20. The lowest BCUT2D eigenvalue weighted by Crippen LogP contribution is -1.96. The van der Waals surface area contributed by atoms with Crippen LogP contribution in [-0.4, -0.2) is 9.13 Å². The van der Waals surface area contributed by atoms with E-state index in [-0.39, 0.29) is 0 Å². The molecule has 0 fully saturated rings. The molecule has 3 aromatic heterocycles. The third-order valence-corrected chi connectivity index (χ3v) is 11.7. The van der Waals surface area contributed by atoms with Crippen LogP contribution >= 0.6 is 11.3 Å². The Morgan fingerprint density at radius 3 is 2.04 bits per heavy atom. The molecule has 0 N–H and O–H groups in total. The van der Waals surface area contributed by atoms with Crippen molar-refractivity contribution in [3.8, 4) is 22.5 Å². The van der Waals surface area contributed by atoms with E-state index in [0.29, 0.717) is 0 Å². The molecule has 2 nitrogen and oxygen atoms in total. The van der Waals surface area contributed by atoms with Crippen molar-refractivity contribution in [2.24, 2.45) is 0 Å². The van der Waals surface area contributed by atoms with Crippen molar-refractivity contribution in [3.05, 3.63) is 188 Å². The molecule has 0 aliphatic heterocycles. The molecule has 52 heavy (non-hydrogen) atoms. The topological polar surface area (TPSA) is 9.86 Å². The number of allylic oxidation sites excluding steroid dienone is 5. The van der Waals surface area contributed by atoms with E-state index in [1.165, 1.54) is 86.0 Å². The first-order valence-corrected chi connectivity index (χ1v) is 18.5. The van der Waals surface area contributed by atoms with Crippen LogP contribution in [0.5, 0.6) is 0 Å². The SMILES string of the molecule is C=C/C=C\C=C(/C)c1cc(-n2c3ccccc3c3c(-c4ccc5c6ccccc6n(-c6ccccc6)c5c4)cccc32)cc2c1sc1ccccc12. The highest BCUT2D eigenvalue weighted by Crippen LogP contribution is 2.44. The Hall–Kier alpha value is -6.42. The second-order valence-corrected chi connectivity index (χ2v) is 14.5. The summed E-state index contributed by atoms with van der Waals surface area (Å²) in [5, 5.41) is 7.61. The number of benzene rings is 7. The van der Waals surface area contributed by atoms with E-state index in [2.05, 4.69) is 186 Å². The van der Waals surface area contributed by atoms with Crippen LogP contribution < -0.4 is 0 Å². The zero-order valence-electron chi connectivity index (χ0n) is 28.8. The fraction of sp³-hybridized carbons (Fsp3) is 0.0204. The van der Waals surface area contributed by atoms with Gasteiger partial charge in [0.05, 0.1) is 22.1 Å². The molecule has 0 saturated heterocycles. The molecular weight excluding hydrogens is 649 g/mol. The predicted molar refractivity (Wildman–Crippen MR) is 226 cm³/mol. The first kappa shape index (κ1) is 30.4. The van der Waals surface area contributed by atoms with Gasteiger partial charge in [-0.3, -0.25) is 0 Å². The van der Waals surface area contributed by atoms with Gasteiger partial charge in [-0.15, -0.1) is 11.3 Å². The van der Waals surface area contributed by atoms with E-state index in [1.54, 1.807) is 0 Å². The third kappa shape index (κ3) is 4.63. The Labute approximate surface area is 306 Å². The minimum Gasteiger partial charge on any atom is -0.309 e. The monoisotopic (exact) mass is 682 g/mol. The summed E-state index contributed by atoms with van der Waals surface area (Å²) in [6.07, 6.45) is 8.08. The maximum atomic E-state index is 3.87. The lowest BCUT2D eigenvalue weighted by molar-refractivity contribution is 1.18. The van der Waals surface area contributed by atoms with E-state index in [4.69, 9.17) is 0 Å². The second-order valence-electron chi connectivity index (χ2n) is 13.4. The summed E-state index contributed by atoms with van der Waals surface area (Å²) in [5.41, 5.74) is 12.0. The average Bonchev–Trinajstić information content (AvgIpc) is 3.85. The van der Waals surface area contributed by atoms with Crippen molar-refractivity contribution in [2.75, 3.05) is 0 Å². The fourth-order valence-electron chi connectivity index (χ4n) is 8.13. The summed E-state index contributed by atoms with van der Waals surface area (Å²) in [5.74, 6) is 0. The van der Waals surface area contributed by atoms with Gasteiger partial charge < -0.3 is 9.13 Å². The zero-order valence-corrected chi connectivity index (χ0v) is 29.6. The normalized spacial score (nSPS) is 12.4. The quantitative estimate of drug-likeness (QED) is 0.155. The van der Waals surface area contributed by atoms with Crippen LogP contribution in [-0.2, 0) is 0 Å². The first-order valence-electron chi connectivity index (χ1n) is 17.7. The van der Waals surface area contributed by atoms with Gasteiger partial charge in [-0.2, -0.15) is 0 Å². The lowest BCUT2D eigenvalue weighted by Gasteiger charge is -2.13. The van der Waals surface area contributed by atoms with E-state index in [1.807, 2.05) is 23.5 Å². The number of fused-ring (bicyclic) bond motifs is 9. The summed E-state index contributed by atoms with van der Waals surface area (Å²) < 4.78 is 7.49. The Balaban J connectivity index is 1.26. The first-order chi connectivity index (χ1) is 25.7. The van der Waals surface area contributed by atoms with Crippen molar-refractivity contribution < 1.29 is 0 Å². The van der Waals surface area contributed by atoms with Crippen molar-refractivity contribution in [3.63, 3.8) is 0 Å². The number of para-hydroxylation sites is 3. The van der Waals surface area contributed by atoms with E-state index >= 15 is 0 Å².